The molecule has 0 saturated carbocycles. The van der Waals surface area contributed by atoms with Gasteiger partial charge in [-0.25, -0.2) is 5.43 Å². The lowest BCUT2D eigenvalue weighted by Crippen LogP contribution is -2.33. The Hall–Kier alpha value is -2.64. The lowest BCUT2D eigenvalue weighted by molar-refractivity contribution is -0.127. The van der Waals surface area contributed by atoms with E-state index in [0.29, 0.717) is 38.6 Å². The minimum absolute atomic E-state index is 0.311. The summed E-state index contributed by atoms with van der Waals surface area (Å²) < 4.78 is 21.4. The zero-order valence-electron chi connectivity index (χ0n) is 15.8. The van der Waals surface area contributed by atoms with Gasteiger partial charge in [-0.05, 0) is 37.3 Å². The topological polar surface area (TPSA) is 78.4 Å². The molecule has 2 aromatic carbocycles. The van der Waals surface area contributed by atoms with Crippen LogP contribution in [0.15, 0.2) is 35.4 Å². The van der Waals surface area contributed by atoms with Crippen molar-refractivity contribution < 1.29 is 23.7 Å². The van der Waals surface area contributed by atoms with Crippen LogP contribution in [0, 0.1) is 0 Å². The summed E-state index contributed by atoms with van der Waals surface area (Å²) in [5.74, 6) is 1.26. The van der Waals surface area contributed by atoms with Crippen LogP contribution >= 0.6 is 23.2 Å². The molecule has 7 nitrogen and oxygen atoms in total. The largest absolute Gasteiger partial charge is 0.493 e. The number of methoxy groups -OCH3 is 3. The van der Waals surface area contributed by atoms with E-state index in [9.17, 15) is 4.79 Å². The maximum Gasteiger partial charge on any atom is 0.280 e. The van der Waals surface area contributed by atoms with Gasteiger partial charge in [0.15, 0.2) is 17.6 Å². The summed E-state index contributed by atoms with van der Waals surface area (Å²) in [6.45, 7) is 1.58. The predicted molar refractivity (Wildman–Crippen MR) is 108 cm³/mol. The van der Waals surface area contributed by atoms with E-state index in [4.69, 9.17) is 42.1 Å². The molecule has 0 bridgehead atoms. The van der Waals surface area contributed by atoms with Gasteiger partial charge in [0, 0.05) is 10.6 Å². The van der Waals surface area contributed by atoms with Crippen molar-refractivity contribution in [3.05, 3.63) is 45.9 Å². The second-order valence-corrected chi connectivity index (χ2v) is 6.34. The van der Waals surface area contributed by atoms with E-state index < -0.39 is 12.0 Å². The number of nitrogens with zero attached hydrogens (tertiary/aromatic N) is 1. The molecule has 1 atom stereocenters. The Morgan fingerprint density at radius 3 is 2.32 bits per heavy atom. The molecule has 28 heavy (non-hydrogen) atoms. The number of halogens is 2. The van der Waals surface area contributed by atoms with Gasteiger partial charge in [0.2, 0.25) is 5.75 Å². The number of ether oxygens (including phenoxy) is 4. The monoisotopic (exact) mass is 426 g/mol. The Kier molecular flexibility index (Phi) is 7.78. The second-order valence-electron chi connectivity index (χ2n) is 5.49. The molecule has 0 heterocycles. The zero-order valence-corrected chi connectivity index (χ0v) is 17.3. The van der Waals surface area contributed by atoms with Crippen LogP contribution in [0.5, 0.6) is 23.0 Å². The van der Waals surface area contributed by atoms with E-state index in [1.54, 1.807) is 31.2 Å². The highest BCUT2D eigenvalue weighted by molar-refractivity contribution is 6.35. The van der Waals surface area contributed by atoms with Crippen LogP contribution in [-0.4, -0.2) is 39.6 Å². The molecule has 1 N–H and O–H groups in total. The van der Waals surface area contributed by atoms with E-state index >= 15 is 0 Å². The molecule has 0 saturated heterocycles. The molecule has 150 valence electrons. The maximum atomic E-state index is 12.2. The van der Waals surface area contributed by atoms with Crippen LogP contribution in [0.2, 0.25) is 10.0 Å². The highest BCUT2D eigenvalue weighted by atomic mass is 35.5. The van der Waals surface area contributed by atoms with Crippen LogP contribution in [-0.2, 0) is 4.79 Å². The number of carbonyl (C=O) groups is 1. The molecule has 1 amide bonds. The number of carbonyl (C=O) groups excluding carboxylic acids is 1. The molecule has 0 fully saturated rings. The van der Waals surface area contributed by atoms with Crippen LogP contribution in [0.25, 0.3) is 0 Å². The summed E-state index contributed by atoms with van der Waals surface area (Å²) in [4.78, 5) is 12.2. The number of rotatable bonds is 8. The molecular weight excluding hydrogens is 407 g/mol. The average Bonchev–Trinajstić information content (AvgIpc) is 2.69. The van der Waals surface area contributed by atoms with Crippen molar-refractivity contribution >= 4 is 35.3 Å². The highest BCUT2D eigenvalue weighted by Gasteiger charge is 2.17. The molecule has 0 aromatic heterocycles. The fourth-order valence-electron chi connectivity index (χ4n) is 2.30. The molecule has 0 aliphatic rings. The van der Waals surface area contributed by atoms with Crippen molar-refractivity contribution in [1.29, 1.82) is 0 Å². The third-order valence-electron chi connectivity index (χ3n) is 3.68. The predicted octanol–water partition coefficient (Wildman–Crippen LogP) is 3.94. The molecule has 2 aromatic rings. The smallest absolute Gasteiger partial charge is 0.280 e. The van der Waals surface area contributed by atoms with Gasteiger partial charge in [-0.2, -0.15) is 5.10 Å². The van der Waals surface area contributed by atoms with Gasteiger partial charge in [0.1, 0.15) is 5.75 Å². The standard InChI is InChI=1S/C19H20Cl2N2O5/c1-11(28-15-8-6-13(20)9-14(15)21)19(24)23-22-10-12-5-7-16(25-2)18(27-4)17(12)26-3/h5-11H,1-4H3,(H,23,24). The SMILES string of the molecule is COc1ccc(C=NNC(=O)C(C)Oc2ccc(Cl)cc2Cl)c(OC)c1OC. The van der Waals surface area contributed by atoms with Gasteiger partial charge in [0.25, 0.3) is 5.91 Å². The number of hydrogen-bond donors (Lipinski definition) is 1. The van der Waals surface area contributed by atoms with Crippen LogP contribution in [0.1, 0.15) is 12.5 Å². The molecule has 0 spiro atoms. The van der Waals surface area contributed by atoms with Crippen LogP contribution < -0.4 is 24.4 Å². The molecule has 0 aliphatic carbocycles. The van der Waals surface area contributed by atoms with Crippen molar-refractivity contribution in [3.8, 4) is 23.0 Å². The fraction of sp³-hybridized carbons (Fsp3) is 0.263. The quantitative estimate of drug-likeness (QED) is 0.510. The van der Waals surface area contributed by atoms with Crippen LogP contribution in [0.3, 0.4) is 0 Å². The number of amides is 1. The van der Waals surface area contributed by atoms with Crippen molar-refractivity contribution in [2.45, 2.75) is 13.0 Å². The summed E-state index contributed by atoms with van der Waals surface area (Å²) >= 11 is 11.9. The number of hydrogen-bond acceptors (Lipinski definition) is 6. The average molecular weight is 427 g/mol. The number of hydrazone groups is 1. The zero-order chi connectivity index (χ0) is 20.7. The van der Waals surface area contributed by atoms with Gasteiger partial charge >= 0.3 is 0 Å². The first-order chi connectivity index (χ1) is 13.4. The Morgan fingerprint density at radius 2 is 1.71 bits per heavy atom. The molecular formula is C19H20Cl2N2O5. The second kappa shape index (κ2) is 10.1. The van der Waals surface area contributed by atoms with Gasteiger partial charge in [0.05, 0.1) is 32.6 Å². The van der Waals surface area contributed by atoms with Gasteiger partial charge in [-0.15, -0.1) is 0 Å². The summed E-state index contributed by atoms with van der Waals surface area (Å²) in [5, 5.41) is 4.73. The normalized spacial score (nSPS) is 11.8. The third-order valence-corrected chi connectivity index (χ3v) is 4.21. The summed E-state index contributed by atoms with van der Waals surface area (Å²) in [5.41, 5.74) is 3.00. The number of nitrogens with one attached hydrogen (secondary N) is 1. The lowest BCUT2D eigenvalue weighted by Gasteiger charge is -2.15. The van der Waals surface area contributed by atoms with Crippen molar-refractivity contribution in [2.24, 2.45) is 5.10 Å². The first kappa shape index (κ1) is 21.7. The van der Waals surface area contributed by atoms with Gasteiger partial charge < -0.3 is 18.9 Å². The van der Waals surface area contributed by atoms with E-state index in [1.165, 1.54) is 33.6 Å². The summed E-state index contributed by atoms with van der Waals surface area (Å²) in [6, 6.07) is 8.17. The van der Waals surface area contributed by atoms with Gasteiger partial charge in [-0.3, -0.25) is 4.79 Å². The Morgan fingerprint density at radius 1 is 1.04 bits per heavy atom. The highest BCUT2D eigenvalue weighted by Crippen LogP contribution is 2.39. The molecule has 9 heteroatoms. The Balaban J connectivity index is 2.06. The first-order valence-electron chi connectivity index (χ1n) is 8.14. The maximum absolute atomic E-state index is 12.2. The van der Waals surface area contributed by atoms with E-state index in [-0.39, 0.29) is 0 Å². The first-order valence-corrected chi connectivity index (χ1v) is 8.90. The third kappa shape index (κ3) is 5.21. The van der Waals surface area contributed by atoms with Crippen molar-refractivity contribution in [2.75, 3.05) is 21.3 Å². The summed E-state index contributed by atoms with van der Waals surface area (Å²) in [6.07, 6.45) is 0.601. The van der Waals surface area contributed by atoms with E-state index in [1.807, 2.05) is 0 Å². The molecule has 1 unspecified atom stereocenters. The Labute approximate surface area is 173 Å². The lowest BCUT2D eigenvalue weighted by atomic mass is 10.2. The van der Waals surface area contributed by atoms with E-state index in [0.717, 1.165) is 0 Å². The molecule has 0 aliphatic heterocycles. The van der Waals surface area contributed by atoms with Crippen molar-refractivity contribution in [1.82, 2.24) is 5.43 Å². The Bertz CT molecular complexity index is 874. The van der Waals surface area contributed by atoms with Crippen molar-refractivity contribution in [3.63, 3.8) is 0 Å². The molecule has 0 radical (unpaired) electrons. The van der Waals surface area contributed by atoms with Gasteiger partial charge in [-0.1, -0.05) is 23.2 Å². The minimum atomic E-state index is -0.830. The summed E-state index contributed by atoms with van der Waals surface area (Å²) in [7, 11) is 4.53. The minimum Gasteiger partial charge on any atom is -0.493 e. The van der Waals surface area contributed by atoms with E-state index in [2.05, 4.69) is 10.5 Å². The molecule has 2 rings (SSSR count). The van der Waals surface area contributed by atoms with Crippen LogP contribution in [0.4, 0.5) is 0 Å². The fourth-order valence-corrected chi connectivity index (χ4v) is 2.75. The number of benzene rings is 2.